The Morgan fingerprint density at radius 3 is 2.31 bits per heavy atom. The van der Waals surface area contributed by atoms with Crippen LogP contribution in [-0.4, -0.2) is 28.0 Å². The molecule has 2 aliphatic carbocycles. The van der Waals surface area contributed by atoms with Crippen molar-refractivity contribution in [2.24, 2.45) is 11.8 Å². The zero-order valence-corrected chi connectivity index (χ0v) is 20.6. The van der Waals surface area contributed by atoms with Gasteiger partial charge >= 0.3 is 12.1 Å². The summed E-state index contributed by atoms with van der Waals surface area (Å²) in [6, 6.07) is 4.70. The Kier molecular flexibility index (Phi) is 7.29. The van der Waals surface area contributed by atoms with E-state index in [2.05, 4.69) is 11.9 Å². The van der Waals surface area contributed by atoms with Crippen LogP contribution in [0, 0.1) is 11.8 Å². The summed E-state index contributed by atoms with van der Waals surface area (Å²) in [5, 5.41) is 9.91. The second kappa shape index (κ2) is 10.1. The first-order chi connectivity index (χ1) is 17.0. The molecule has 4 rings (SSSR count). The molecule has 0 aliphatic heterocycles. The van der Waals surface area contributed by atoms with Crippen molar-refractivity contribution in [3.8, 4) is 11.6 Å². The van der Waals surface area contributed by atoms with E-state index >= 15 is 0 Å². The molecular formula is C27H31F3N2O4. The number of anilines is 1. The van der Waals surface area contributed by atoms with Gasteiger partial charge < -0.3 is 14.7 Å². The van der Waals surface area contributed by atoms with Gasteiger partial charge in [-0.2, -0.15) is 13.2 Å². The van der Waals surface area contributed by atoms with Crippen LogP contribution < -0.4 is 9.64 Å². The van der Waals surface area contributed by atoms with E-state index in [0.717, 1.165) is 50.7 Å². The van der Waals surface area contributed by atoms with Gasteiger partial charge in [0.15, 0.2) is 0 Å². The van der Waals surface area contributed by atoms with Gasteiger partial charge in [0, 0.05) is 18.2 Å². The molecule has 2 fully saturated rings. The number of pyridine rings is 1. The van der Waals surface area contributed by atoms with Crippen molar-refractivity contribution in [3.05, 3.63) is 47.2 Å². The molecule has 0 unspecified atom stereocenters. The molecule has 0 radical (unpaired) electrons. The number of carbonyl (C=O) groups is 2. The van der Waals surface area contributed by atoms with Crippen molar-refractivity contribution in [2.45, 2.75) is 77.4 Å². The standard InChI is InChI=1S/C27H31F3N2O4/c1-15(2)32(25(33)18-6-4-16(3)5-7-18)23-11-10-20(13-21(23)26(34)35)36-24-22(27(28,29)30)12-19(14-31-24)17-8-9-17/h10-18H,4-9H2,1-3H3,(H,34,35)/t16-,18-. The van der Waals surface area contributed by atoms with E-state index in [-0.39, 0.29) is 40.8 Å². The Morgan fingerprint density at radius 1 is 1.08 bits per heavy atom. The van der Waals surface area contributed by atoms with Crippen LogP contribution in [0.1, 0.15) is 86.7 Å². The van der Waals surface area contributed by atoms with E-state index in [1.807, 2.05) is 0 Å². The summed E-state index contributed by atoms with van der Waals surface area (Å²) < 4.78 is 46.6. The number of nitrogens with zero attached hydrogens (tertiary/aromatic N) is 2. The number of aromatic nitrogens is 1. The maximum atomic E-state index is 13.7. The van der Waals surface area contributed by atoms with E-state index in [9.17, 15) is 27.9 Å². The molecule has 2 aromatic rings. The van der Waals surface area contributed by atoms with Crippen molar-refractivity contribution < 1.29 is 32.6 Å². The smallest absolute Gasteiger partial charge is 0.421 e. The molecule has 6 nitrogen and oxygen atoms in total. The third-order valence-corrected chi connectivity index (χ3v) is 7.02. The highest BCUT2D eigenvalue weighted by Gasteiger charge is 2.38. The van der Waals surface area contributed by atoms with Gasteiger partial charge in [-0.15, -0.1) is 0 Å². The fourth-order valence-corrected chi connectivity index (χ4v) is 4.82. The third-order valence-electron chi connectivity index (χ3n) is 7.02. The number of benzene rings is 1. The van der Waals surface area contributed by atoms with E-state index in [1.165, 1.54) is 23.2 Å². The molecule has 36 heavy (non-hydrogen) atoms. The predicted molar refractivity (Wildman–Crippen MR) is 128 cm³/mol. The Bertz CT molecular complexity index is 1140. The number of ether oxygens (including phenoxy) is 1. The van der Waals surface area contributed by atoms with Gasteiger partial charge in [-0.1, -0.05) is 6.92 Å². The second-order valence-corrected chi connectivity index (χ2v) is 10.2. The second-order valence-electron chi connectivity index (χ2n) is 10.2. The number of carboxylic acids is 1. The Morgan fingerprint density at radius 2 is 1.75 bits per heavy atom. The molecule has 1 N–H and O–H groups in total. The first-order valence-corrected chi connectivity index (χ1v) is 12.4. The summed E-state index contributed by atoms with van der Waals surface area (Å²) in [7, 11) is 0. The van der Waals surface area contributed by atoms with E-state index in [1.54, 1.807) is 13.8 Å². The fraction of sp³-hybridized carbons (Fsp3) is 0.519. The summed E-state index contributed by atoms with van der Waals surface area (Å²) >= 11 is 0. The molecule has 1 amide bonds. The van der Waals surface area contributed by atoms with Crippen LogP contribution in [0.25, 0.3) is 0 Å². The lowest BCUT2D eigenvalue weighted by Gasteiger charge is -2.34. The summed E-state index contributed by atoms with van der Waals surface area (Å²) in [6.07, 6.45) is 1.72. The highest BCUT2D eigenvalue weighted by atomic mass is 19.4. The molecule has 0 spiro atoms. The van der Waals surface area contributed by atoms with Gasteiger partial charge in [-0.3, -0.25) is 4.79 Å². The van der Waals surface area contributed by atoms with Gasteiger partial charge in [0.25, 0.3) is 0 Å². The maximum absolute atomic E-state index is 13.7. The maximum Gasteiger partial charge on any atom is 0.421 e. The van der Waals surface area contributed by atoms with Crippen LogP contribution in [0.5, 0.6) is 11.6 Å². The lowest BCUT2D eigenvalue weighted by atomic mass is 9.82. The number of alkyl halides is 3. The van der Waals surface area contributed by atoms with Crippen molar-refractivity contribution in [1.82, 2.24) is 4.98 Å². The zero-order chi connectivity index (χ0) is 26.2. The number of carboxylic acid groups (broad SMARTS) is 1. The molecule has 0 saturated heterocycles. The highest BCUT2D eigenvalue weighted by Crippen LogP contribution is 2.44. The average molecular weight is 505 g/mol. The van der Waals surface area contributed by atoms with Gasteiger partial charge in [0.2, 0.25) is 11.8 Å². The third kappa shape index (κ3) is 5.65. The van der Waals surface area contributed by atoms with Crippen LogP contribution >= 0.6 is 0 Å². The Balaban J connectivity index is 1.66. The van der Waals surface area contributed by atoms with Gasteiger partial charge in [0.05, 0.1) is 11.3 Å². The van der Waals surface area contributed by atoms with Crippen LogP contribution in [0.15, 0.2) is 30.5 Å². The van der Waals surface area contributed by atoms with E-state index < -0.39 is 23.6 Å². The molecule has 1 aromatic carbocycles. The first-order valence-electron chi connectivity index (χ1n) is 12.4. The fourth-order valence-electron chi connectivity index (χ4n) is 4.82. The molecule has 1 aromatic heterocycles. The molecule has 9 heteroatoms. The van der Waals surface area contributed by atoms with Crippen LogP contribution in [0.2, 0.25) is 0 Å². The summed E-state index contributed by atoms with van der Waals surface area (Å²) in [6.45, 7) is 5.77. The van der Waals surface area contributed by atoms with Crippen LogP contribution in [0.3, 0.4) is 0 Å². The molecule has 194 valence electrons. The van der Waals surface area contributed by atoms with Crippen molar-refractivity contribution in [2.75, 3.05) is 4.90 Å². The predicted octanol–water partition coefficient (Wildman–Crippen LogP) is 7.04. The summed E-state index contributed by atoms with van der Waals surface area (Å²) in [5.74, 6) is -1.73. The normalized spacial score (nSPS) is 20.3. The van der Waals surface area contributed by atoms with Crippen molar-refractivity contribution in [1.29, 1.82) is 0 Å². The minimum Gasteiger partial charge on any atom is -0.478 e. The van der Waals surface area contributed by atoms with Gasteiger partial charge in [-0.25, -0.2) is 9.78 Å². The average Bonchev–Trinajstić information content (AvgIpc) is 3.65. The number of aromatic carboxylic acids is 1. The Hall–Kier alpha value is -3.10. The molecular weight excluding hydrogens is 473 g/mol. The highest BCUT2D eigenvalue weighted by molar-refractivity contribution is 6.03. The molecule has 2 saturated carbocycles. The van der Waals surface area contributed by atoms with Gasteiger partial charge in [0.1, 0.15) is 11.3 Å². The van der Waals surface area contributed by atoms with Crippen LogP contribution in [0.4, 0.5) is 18.9 Å². The summed E-state index contributed by atoms with van der Waals surface area (Å²) in [5.41, 5.74) is -0.513. The number of halogens is 3. The monoisotopic (exact) mass is 504 g/mol. The molecule has 1 heterocycles. The van der Waals surface area contributed by atoms with Crippen LogP contribution in [-0.2, 0) is 11.0 Å². The minimum absolute atomic E-state index is 0.0810. The lowest BCUT2D eigenvalue weighted by Crippen LogP contribution is -2.42. The number of carbonyl (C=O) groups excluding carboxylic acids is 1. The lowest BCUT2D eigenvalue weighted by molar-refractivity contribution is -0.139. The topological polar surface area (TPSA) is 79.7 Å². The quantitative estimate of drug-likeness (QED) is 0.438. The number of amides is 1. The largest absolute Gasteiger partial charge is 0.478 e. The zero-order valence-electron chi connectivity index (χ0n) is 20.6. The van der Waals surface area contributed by atoms with E-state index in [4.69, 9.17) is 4.74 Å². The van der Waals surface area contributed by atoms with Crippen molar-refractivity contribution in [3.63, 3.8) is 0 Å². The van der Waals surface area contributed by atoms with E-state index in [0.29, 0.717) is 11.5 Å². The molecule has 0 bridgehead atoms. The van der Waals surface area contributed by atoms with Gasteiger partial charge in [-0.05, 0) is 94.0 Å². The first kappa shape index (κ1) is 26.0. The van der Waals surface area contributed by atoms with Crippen molar-refractivity contribution >= 4 is 17.6 Å². The molecule has 2 aliphatic rings. The SMILES string of the molecule is CC(C)N(c1ccc(Oc2ncc(C3CC3)cc2C(F)(F)F)cc1C(=O)O)C(=O)[C@H]1CC[C@H](C)CC1. The number of rotatable bonds is 7. The summed E-state index contributed by atoms with van der Waals surface area (Å²) in [4.78, 5) is 31.0. The Labute approximate surface area is 208 Å². The number of hydrogen-bond acceptors (Lipinski definition) is 4. The molecule has 0 atom stereocenters. The number of hydrogen-bond donors (Lipinski definition) is 1. The minimum atomic E-state index is -4.68.